The second-order valence-corrected chi connectivity index (χ2v) is 4.06. The topological polar surface area (TPSA) is 42.2 Å². The third-order valence-corrected chi connectivity index (χ3v) is 2.47. The SMILES string of the molecule is CCCN(CC)c1ncc(Br)cc1N. The maximum Gasteiger partial charge on any atom is 0.151 e. The van der Waals surface area contributed by atoms with Gasteiger partial charge >= 0.3 is 0 Å². The molecule has 0 bridgehead atoms. The van der Waals surface area contributed by atoms with E-state index in [4.69, 9.17) is 5.73 Å². The van der Waals surface area contributed by atoms with Gasteiger partial charge in [0.1, 0.15) is 0 Å². The molecule has 3 nitrogen and oxygen atoms in total. The summed E-state index contributed by atoms with van der Waals surface area (Å²) in [5.41, 5.74) is 6.63. The van der Waals surface area contributed by atoms with E-state index < -0.39 is 0 Å². The Morgan fingerprint density at radius 2 is 2.21 bits per heavy atom. The molecule has 0 amide bonds. The van der Waals surface area contributed by atoms with Crippen molar-refractivity contribution >= 4 is 27.4 Å². The first-order valence-electron chi connectivity index (χ1n) is 4.85. The first-order chi connectivity index (χ1) is 6.69. The van der Waals surface area contributed by atoms with Crippen molar-refractivity contribution in [1.29, 1.82) is 0 Å². The van der Waals surface area contributed by atoms with Gasteiger partial charge < -0.3 is 10.6 Å². The highest BCUT2D eigenvalue weighted by Crippen LogP contribution is 2.23. The standard InChI is InChI=1S/C10H16BrN3/c1-3-5-14(4-2)10-9(12)6-8(11)7-13-10/h6-7H,3-5,12H2,1-2H3. The van der Waals surface area contributed by atoms with Crippen molar-refractivity contribution in [2.75, 3.05) is 23.7 Å². The number of nitrogen functional groups attached to an aromatic ring is 1. The summed E-state index contributed by atoms with van der Waals surface area (Å²) in [6.07, 6.45) is 2.88. The molecule has 1 rings (SSSR count). The zero-order valence-corrected chi connectivity index (χ0v) is 10.2. The van der Waals surface area contributed by atoms with Crippen molar-refractivity contribution in [3.05, 3.63) is 16.7 Å². The van der Waals surface area contributed by atoms with Crippen LogP contribution in [0, 0.1) is 0 Å². The summed E-state index contributed by atoms with van der Waals surface area (Å²) in [4.78, 5) is 6.50. The minimum atomic E-state index is 0.731. The number of hydrogen-bond acceptors (Lipinski definition) is 3. The molecule has 0 saturated heterocycles. The smallest absolute Gasteiger partial charge is 0.151 e. The molecule has 78 valence electrons. The van der Waals surface area contributed by atoms with E-state index in [1.54, 1.807) is 6.20 Å². The maximum absolute atomic E-state index is 5.89. The van der Waals surface area contributed by atoms with E-state index in [9.17, 15) is 0 Å². The summed E-state index contributed by atoms with van der Waals surface area (Å²) in [7, 11) is 0. The van der Waals surface area contributed by atoms with Gasteiger partial charge in [0.15, 0.2) is 5.82 Å². The Morgan fingerprint density at radius 3 is 2.71 bits per heavy atom. The van der Waals surface area contributed by atoms with E-state index >= 15 is 0 Å². The van der Waals surface area contributed by atoms with Crippen molar-refractivity contribution in [2.24, 2.45) is 0 Å². The molecule has 0 aliphatic heterocycles. The van der Waals surface area contributed by atoms with Crippen LogP contribution < -0.4 is 10.6 Å². The predicted octanol–water partition coefficient (Wildman–Crippen LogP) is 2.66. The molecule has 0 radical (unpaired) electrons. The van der Waals surface area contributed by atoms with E-state index in [1.807, 2.05) is 6.07 Å². The van der Waals surface area contributed by atoms with E-state index in [2.05, 4.69) is 39.7 Å². The summed E-state index contributed by atoms with van der Waals surface area (Å²) >= 11 is 3.35. The lowest BCUT2D eigenvalue weighted by atomic mass is 10.3. The van der Waals surface area contributed by atoms with Crippen LogP contribution in [-0.2, 0) is 0 Å². The van der Waals surface area contributed by atoms with Crippen LogP contribution in [0.3, 0.4) is 0 Å². The van der Waals surface area contributed by atoms with Crippen LogP contribution in [0.4, 0.5) is 11.5 Å². The van der Waals surface area contributed by atoms with Crippen LogP contribution in [0.5, 0.6) is 0 Å². The largest absolute Gasteiger partial charge is 0.396 e. The molecule has 0 fully saturated rings. The van der Waals surface area contributed by atoms with Gasteiger partial charge in [-0.2, -0.15) is 0 Å². The lowest BCUT2D eigenvalue weighted by Gasteiger charge is -2.22. The summed E-state index contributed by atoms with van der Waals surface area (Å²) < 4.78 is 0.923. The average molecular weight is 258 g/mol. The number of aromatic nitrogens is 1. The number of rotatable bonds is 4. The van der Waals surface area contributed by atoms with Gasteiger partial charge in [-0.1, -0.05) is 6.92 Å². The van der Waals surface area contributed by atoms with Crippen LogP contribution in [0.1, 0.15) is 20.3 Å². The molecule has 0 aliphatic rings. The van der Waals surface area contributed by atoms with E-state index in [-0.39, 0.29) is 0 Å². The highest BCUT2D eigenvalue weighted by atomic mass is 79.9. The number of halogens is 1. The Morgan fingerprint density at radius 1 is 1.50 bits per heavy atom. The summed E-state index contributed by atoms with van der Waals surface area (Å²) in [6.45, 7) is 6.19. The molecular formula is C10H16BrN3. The fourth-order valence-electron chi connectivity index (χ4n) is 1.40. The van der Waals surface area contributed by atoms with Crippen molar-refractivity contribution < 1.29 is 0 Å². The highest BCUT2D eigenvalue weighted by Gasteiger charge is 2.08. The second kappa shape index (κ2) is 5.20. The molecule has 0 unspecified atom stereocenters. The second-order valence-electron chi connectivity index (χ2n) is 3.15. The molecule has 1 aromatic heterocycles. The van der Waals surface area contributed by atoms with E-state index in [1.165, 1.54) is 0 Å². The molecular weight excluding hydrogens is 242 g/mol. The fraction of sp³-hybridized carbons (Fsp3) is 0.500. The molecule has 0 saturated carbocycles. The van der Waals surface area contributed by atoms with Gasteiger partial charge in [-0.3, -0.25) is 0 Å². The van der Waals surface area contributed by atoms with Crippen molar-refractivity contribution in [3.63, 3.8) is 0 Å². The lowest BCUT2D eigenvalue weighted by Crippen LogP contribution is -2.25. The normalized spacial score (nSPS) is 10.2. The number of nitrogens with two attached hydrogens (primary N) is 1. The van der Waals surface area contributed by atoms with Crippen LogP contribution in [0.15, 0.2) is 16.7 Å². The van der Waals surface area contributed by atoms with Gasteiger partial charge in [0.25, 0.3) is 0 Å². The van der Waals surface area contributed by atoms with Crippen molar-refractivity contribution in [1.82, 2.24) is 4.98 Å². The number of pyridine rings is 1. The van der Waals surface area contributed by atoms with Crippen LogP contribution in [0.2, 0.25) is 0 Å². The number of hydrogen-bond donors (Lipinski definition) is 1. The molecule has 0 aliphatic carbocycles. The molecule has 14 heavy (non-hydrogen) atoms. The third-order valence-electron chi connectivity index (χ3n) is 2.04. The Kier molecular flexibility index (Phi) is 4.20. The predicted molar refractivity (Wildman–Crippen MR) is 64.5 cm³/mol. The fourth-order valence-corrected chi connectivity index (χ4v) is 1.74. The van der Waals surface area contributed by atoms with Gasteiger partial charge in [-0.15, -0.1) is 0 Å². The van der Waals surface area contributed by atoms with Gasteiger partial charge in [0.2, 0.25) is 0 Å². The summed E-state index contributed by atoms with van der Waals surface area (Å²) in [5, 5.41) is 0. The molecule has 1 heterocycles. The minimum Gasteiger partial charge on any atom is -0.396 e. The Bertz CT molecular complexity index is 301. The van der Waals surface area contributed by atoms with Gasteiger partial charge in [0, 0.05) is 23.8 Å². The first kappa shape index (κ1) is 11.3. The van der Waals surface area contributed by atoms with Gasteiger partial charge in [0.05, 0.1) is 5.69 Å². The maximum atomic E-state index is 5.89. The highest BCUT2D eigenvalue weighted by molar-refractivity contribution is 9.10. The Balaban J connectivity index is 2.92. The van der Waals surface area contributed by atoms with Crippen LogP contribution >= 0.6 is 15.9 Å². The van der Waals surface area contributed by atoms with Crippen LogP contribution in [-0.4, -0.2) is 18.1 Å². The molecule has 1 aromatic rings. The Labute approximate surface area is 93.4 Å². The molecule has 0 spiro atoms. The molecule has 0 atom stereocenters. The molecule has 4 heteroatoms. The minimum absolute atomic E-state index is 0.731. The monoisotopic (exact) mass is 257 g/mol. The van der Waals surface area contributed by atoms with Gasteiger partial charge in [-0.25, -0.2) is 4.98 Å². The number of nitrogens with zero attached hydrogens (tertiary/aromatic N) is 2. The molecule has 2 N–H and O–H groups in total. The quantitative estimate of drug-likeness (QED) is 0.902. The zero-order valence-electron chi connectivity index (χ0n) is 8.63. The summed E-state index contributed by atoms with van der Waals surface area (Å²) in [5.74, 6) is 0.887. The lowest BCUT2D eigenvalue weighted by molar-refractivity contribution is 0.780. The van der Waals surface area contributed by atoms with Crippen molar-refractivity contribution in [2.45, 2.75) is 20.3 Å². The van der Waals surface area contributed by atoms with E-state index in [0.29, 0.717) is 0 Å². The third kappa shape index (κ3) is 2.61. The summed E-state index contributed by atoms with van der Waals surface area (Å²) in [6, 6.07) is 1.89. The first-order valence-corrected chi connectivity index (χ1v) is 5.64. The van der Waals surface area contributed by atoms with Gasteiger partial charge in [-0.05, 0) is 35.3 Å². The molecule has 0 aromatic carbocycles. The van der Waals surface area contributed by atoms with E-state index in [0.717, 1.165) is 35.5 Å². The van der Waals surface area contributed by atoms with Crippen molar-refractivity contribution in [3.8, 4) is 0 Å². The zero-order chi connectivity index (χ0) is 10.6. The Hall–Kier alpha value is -0.770. The number of anilines is 2. The van der Waals surface area contributed by atoms with Crippen LogP contribution in [0.25, 0.3) is 0 Å². The average Bonchev–Trinajstić information content (AvgIpc) is 2.15.